The summed E-state index contributed by atoms with van der Waals surface area (Å²) in [6, 6.07) is 14.3. The Balaban J connectivity index is 1.85. The number of nitrogens with one attached hydrogen (secondary N) is 2. The van der Waals surface area contributed by atoms with Crippen molar-refractivity contribution in [1.82, 2.24) is 5.32 Å². The molecule has 122 valence electrons. The number of carbonyl (C=O) groups is 1. The van der Waals surface area contributed by atoms with E-state index in [1.54, 1.807) is 43.1 Å². The molecule has 0 bridgehead atoms. The molecule has 0 aliphatic heterocycles. The average Bonchev–Trinajstić information content (AvgIpc) is 2.60. The number of rotatable bonds is 6. The van der Waals surface area contributed by atoms with E-state index in [0.29, 0.717) is 11.4 Å². The normalized spacial score (nSPS) is 11.6. The van der Waals surface area contributed by atoms with E-state index in [9.17, 15) is 9.90 Å². The van der Waals surface area contributed by atoms with Gasteiger partial charge in [-0.1, -0.05) is 18.2 Å². The Labute approximate surface area is 140 Å². The highest BCUT2D eigenvalue weighted by atomic mass is 32.2. The molecule has 23 heavy (non-hydrogen) atoms. The second-order valence-electron chi connectivity index (χ2n) is 4.86. The minimum Gasteiger partial charge on any atom is -0.497 e. The molecule has 0 aliphatic rings. The van der Waals surface area contributed by atoms with Gasteiger partial charge in [-0.15, -0.1) is 11.8 Å². The van der Waals surface area contributed by atoms with E-state index in [-0.39, 0.29) is 12.6 Å². The van der Waals surface area contributed by atoms with Crippen molar-refractivity contribution in [3.05, 3.63) is 54.1 Å². The number of hydrogen-bond donors (Lipinski definition) is 3. The van der Waals surface area contributed by atoms with Crippen LogP contribution in [0.1, 0.15) is 11.7 Å². The van der Waals surface area contributed by atoms with Crippen LogP contribution in [0.4, 0.5) is 10.5 Å². The number of aliphatic hydroxyl groups excluding tert-OH is 1. The van der Waals surface area contributed by atoms with Crippen molar-refractivity contribution in [2.75, 3.05) is 25.2 Å². The summed E-state index contributed by atoms with van der Waals surface area (Å²) in [5.74, 6) is 0.664. The number of anilines is 1. The van der Waals surface area contributed by atoms with Gasteiger partial charge in [-0.2, -0.15) is 0 Å². The summed E-state index contributed by atoms with van der Waals surface area (Å²) >= 11 is 1.64. The second kappa shape index (κ2) is 8.45. The SMILES string of the molecule is COc1cccc(NC(=O)NC[C@H](O)c2ccc(SC)cc2)c1. The van der Waals surface area contributed by atoms with Crippen molar-refractivity contribution in [1.29, 1.82) is 0 Å². The Hall–Kier alpha value is -2.18. The molecule has 5 nitrogen and oxygen atoms in total. The Morgan fingerprint density at radius 3 is 2.65 bits per heavy atom. The first-order chi connectivity index (χ1) is 11.1. The molecule has 0 saturated heterocycles. The quantitative estimate of drug-likeness (QED) is 0.710. The van der Waals surface area contributed by atoms with E-state index in [4.69, 9.17) is 4.74 Å². The number of hydrogen-bond acceptors (Lipinski definition) is 4. The maximum absolute atomic E-state index is 11.9. The zero-order chi connectivity index (χ0) is 16.7. The van der Waals surface area contributed by atoms with Crippen molar-refractivity contribution < 1.29 is 14.6 Å². The van der Waals surface area contributed by atoms with Crippen molar-refractivity contribution in [3.8, 4) is 5.75 Å². The highest BCUT2D eigenvalue weighted by molar-refractivity contribution is 7.98. The van der Waals surface area contributed by atoms with Crippen LogP contribution in [-0.4, -0.2) is 31.0 Å². The van der Waals surface area contributed by atoms with Crippen LogP contribution in [0.15, 0.2) is 53.4 Å². The minimum absolute atomic E-state index is 0.133. The zero-order valence-electron chi connectivity index (χ0n) is 13.1. The predicted molar refractivity (Wildman–Crippen MR) is 93.2 cm³/mol. The number of benzene rings is 2. The molecular formula is C17H20N2O3S. The fourth-order valence-electron chi connectivity index (χ4n) is 2.01. The standard InChI is InChI=1S/C17H20N2O3S/c1-22-14-5-3-4-13(10-14)19-17(21)18-11-16(20)12-6-8-15(23-2)9-7-12/h3-10,16,20H,11H2,1-2H3,(H2,18,19,21)/t16-/m0/s1. The summed E-state index contributed by atoms with van der Waals surface area (Å²) in [5.41, 5.74) is 1.39. The van der Waals surface area contributed by atoms with Gasteiger partial charge in [0.25, 0.3) is 0 Å². The van der Waals surface area contributed by atoms with Gasteiger partial charge in [0.05, 0.1) is 13.2 Å². The van der Waals surface area contributed by atoms with Crippen molar-refractivity contribution >= 4 is 23.5 Å². The van der Waals surface area contributed by atoms with E-state index < -0.39 is 6.10 Å². The summed E-state index contributed by atoms with van der Waals surface area (Å²) in [6.45, 7) is 0.133. The number of urea groups is 1. The van der Waals surface area contributed by atoms with Gasteiger partial charge < -0.3 is 20.5 Å². The Bertz CT molecular complexity index is 647. The molecule has 0 fully saturated rings. The Morgan fingerprint density at radius 2 is 2.00 bits per heavy atom. The number of carbonyl (C=O) groups excluding carboxylic acids is 1. The summed E-state index contributed by atoms with van der Waals surface area (Å²) in [6.07, 6.45) is 1.25. The van der Waals surface area contributed by atoms with Gasteiger partial charge in [0.2, 0.25) is 0 Å². The first-order valence-corrected chi connectivity index (χ1v) is 8.36. The van der Waals surface area contributed by atoms with Gasteiger partial charge in [0.1, 0.15) is 5.75 Å². The molecule has 0 aromatic heterocycles. The van der Waals surface area contributed by atoms with Gasteiger partial charge in [0, 0.05) is 23.2 Å². The molecule has 2 rings (SSSR count). The summed E-state index contributed by atoms with van der Waals surface area (Å²) in [4.78, 5) is 13.0. The lowest BCUT2D eigenvalue weighted by Crippen LogP contribution is -2.32. The van der Waals surface area contributed by atoms with Gasteiger partial charge >= 0.3 is 6.03 Å². The lowest BCUT2D eigenvalue weighted by molar-refractivity contribution is 0.175. The maximum atomic E-state index is 11.9. The van der Waals surface area contributed by atoms with Crippen molar-refractivity contribution in [2.24, 2.45) is 0 Å². The Kier molecular flexibility index (Phi) is 6.31. The molecule has 0 aliphatic carbocycles. The number of methoxy groups -OCH3 is 1. The van der Waals surface area contributed by atoms with E-state index >= 15 is 0 Å². The third-order valence-corrected chi connectivity index (χ3v) is 4.03. The van der Waals surface area contributed by atoms with Crippen LogP contribution in [0.2, 0.25) is 0 Å². The molecular weight excluding hydrogens is 312 g/mol. The van der Waals surface area contributed by atoms with Gasteiger partial charge in [-0.25, -0.2) is 4.79 Å². The van der Waals surface area contributed by atoms with E-state index in [1.807, 2.05) is 30.5 Å². The lowest BCUT2D eigenvalue weighted by atomic mass is 10.1. The molecule has 0 radical (unpaired) electrons. The van der Waals surface area contributed by atoms with Crippen LogP contribution in [0, 0.1) is 0 Å². The highest BCUT2D eigenvalue weighted by Gasteiger charge is 2.10. The van der Waals surface area contributed by atoms with Gasteiger partial charge in [-0.3, -0.25) is 0 Å². The van der Waals surface area contributed by atoms with E-state index in [0.717, 1.165) is 10.5 Å². The summed E-state index contributed by atoms with van der Waals surface area (Å²) < 4.78 is 5.10. The second-order valence-corrected chi connectivity index (χ2v) is 5.74. The number of ether oxygens (including phenoxy) is 1. The molecule has 2 aromatic rings. The van der Waals surface area contributed by atoms with Crippen LogP contribution < -0.4 is 15.4 Å². The number of aliphatic hydroxyl groups is 1. The number of thioether (sulfide) groups is 1. The fourth-order valence-corrected chi connectivity index (χ4v) is 2.42. The third kappa shape index (κ3) is 5.19. The number of amides is 2. The molecule has 0 spiro atoms. The molecule has 3 N–H and O–H groups in total. The highest BCUT2D eigenvalue weighted by Crippen LogP contribution is 2.19. The fraction of sp³-hybridized carbons (Fsp3) is 0.235. The zero-order valence-corrected chi connectivity index (χ0v) is 13.9. The molecule has 1 atom stereocenters. The predicted octanol–water partition coefficient (Wildman–Crippen LogP) is 3.27. The van der Waals surface area contributed by atoms with Gasteiger partial charge in [0.15, 0.2) is 0 Å². The van der Waals surface area contributed by atoms with Gasteiger partial charge in [-0.05, 0) is 36.1 Å². The largest absolute Gasteiger partial charge is 0.497 e. The molecule has 0 unspecified atom stereocenters. The molecule has 0 saturated carbocycles. The molecule has 0 heterocycles. The van der Waals surface area contributed by atoms with Crippen molar-refractivity contribution in [3.63, 3.8) is 0 Å². The van der Waals surface area contributed by atoms with Crippen LogP contribution in [-0.2, 0) is 0 Å². The van der Waals surface area contributed by atoms with Crippen LogP contribution >= 0.6 is 11.8 Å². The molecule has 6 heteroatoms. The smallest absolute Gasteiger partial charge is 0.319 e. The first-order valence-electron chi connectivity index (χ1n) is 7.13. The lowest BCUT2D eigenvalue weighted by Gasteiger charge is -2.13. The minimum atomic E-state index is -0.748. The van der Waals surface area contributed by atoms with Crippen molar-refractivity contribution in [2.45, 2.75) is 11.0 Å². The van der Waals surface area contributed by atoms with E-state index in [1.165, 1.54) is 0 Å². The Morgan fingerprint density at radius 1 is 1.26 bits per heavy atom. The summed E-state index contributed by atoms with van der Waals surface area (Å²) in [5, 5.41) is 15.5. The van der Waals surface area contributed by atoms with Crippen LogP contribution in [0.3, 0.4) is 0 Å². The first kappa shape index (κ1) is 17.2. The monoisotopic (exact) mass is 332 g/mol. The third-order valence-electron chi connectivity index (χ3n) is 3.28. The topological polar surface area (TPSA) is 70.6 Å². The van der Waals surface area contributed by atoms with Crippen LogP contribution in [0.5, 0.6) is 5.75 Å². The van der Waals surface area contributed by atoms with Crippen LogP contribution in [0.25, 0.3) is 0 Å². The van der Waals surface area contributed by atoms with E-state index in [2.05, 4.69) is 10.6 Å². The summed E-state index contributed by atoms with van der Waals surface area (Å²) in [7, 11) is 1.57. The maximum Gasteiger partial charge on any atom is 0.319 e. The molecule has 2 aromatic carbocycles. The molecule has 2 amide bonds. The average molecular weight is 332 g/mol.